The zero-order valence-corrected chi connectivity index (χ0v) is 6.59. The third-order valence-corrected chi connectivity index (χ3v) is 1.21. The molecule has 0 heterocycles. The number of carbonyl (C=O) groups is 1. The molecule has 0 aliphatic heterocycles. The highest BCUT2D eigenvalue weighted by Crippen LogP contribution is 2.03. The van der Waals surface area contributed by atoms with Crippen molar-refractivity contribution in [3.63, 3.8) is 0 Å². The monoisotopic (exact) mass is 142 g/mol. The molecule has 2 nitrogen and oxygen atoms in total. The summed E-state index contributed by atoms with van der Waals surface area (Å²) in [5.74, 6) is -0.181. The first-order chi connectivity index (χ1) is 4.72. The molecule has 0 radical (unpaired) electrons. The number of ether oxygens (including phenoxy) is 1. The predicted molar refractivity (Wildman–Crippen MR) is 40.6 cm³/mol. The molecule has 0 bridgehead atoms. The van der Waals surface area contributed by atoms with Gasteiger partial charge in [0.15, 0.2) is 0 Å². The number of rotatable bonds is 4. The lowest BCUT2D eigenvalue weighted by molar-refractivity contribution is -0.147. The molecule has 10 heavy (non-hydrogen) atoms. The van der Waals surface area contributed by atoms with Crippen molar-refractivity contribution in [1.82, 2.24) is 0 Å². The first-order valence-electron chi connectivity index (χ1n) is 3.49. The van der Waals surface area contributed by atoms with Crippen molar-refractivity contribution >= 4 is 5.97 Å². The van der Waals surface area contributed by atoms with E-state index in [4.69, 9.17) is 4.74 Å². The summed E-state index contributed by atoms with van der Waals surface area (Å²) in [7, 11) is 0. The molecule has 0 aliphatic rings. The molecule has 0 spiro atoms. The first-order valence-corrected chi connectivity index (χ1v) is 3.49. The molecule has 0 amide bonds. The molecule has 0 N–H and O–H groups in total. The normalized spacial score (nSPS) is 12.2. The Morgan fingerprint density at radius 2 is 2.40 bits per heavy atom. The molecule has 0 aliphatic carbocycles. The van der Waals surface area contributed by atoms with Gasteiger partial charge in [-0.15, -0.1) is 6.58 Å². The molecule has 1 atom stereocenters. The van der Waals surface area contributed by atoms with E-state index in [1.165, 1.54) is 0 Å². The molecule has 58 valence electrons. The number of esters is 1. The predicted octanol–water partition coefficient (Wildman–Crippen LogP) is 1.76. The lowest BCUT2D eigenvalue weighted by atomic mass is 10.1. The molecule has 0 fully saturated rings. The summed E-state index contributed by atoms with van der Waals surface area (Å²) in [6, 6.07) is 0. The molecular weight excluding hydrogens is 128 g/mol. The minimum Gasteiger partial charge on any atom is -0.466 e. The van der Waals surface area contributed by atoms with Gasteiger partial charge in [0.05, 0.1) is 12.5 Å². The Kier molecular flexibility index (Phi) is 4.63. The van der Waals surface area contributed by atoms with E-state index in [1.54, 1.807) is 13.0 Å². The highest BCUT2D eigenvalue weighted by Gasteiger charge is 2.10. The second kappa shape index (κ2) is 5.03. The second-order valence-corrected chi connectivity index (χ2v) is 2.18. The van der Waals surface area contributed by atoms with Gasteiger partial charge in [0.2, 0.25) is 0 Å². The lowest BCUT2D eigenvalue weighted by Gasteiger charge is -2.06. The fraction of sp³-hybridized carbons (Fsp3) is 0.625. The van der Waals surface area contributed by atoms with Gasteiger partial charge in [0.1, 0.15) is 0 Å². The van der Waals surface area contributed by atoms with Gasteiger partial charge < -0.3 is 4.74 Å². The summed E-state index contributed by atoms with van der Waals surface area (Å²) in [5, 5.41) is 0. The van der Waals surface area contributed by atoms with Gasteiger partial charge in [-0.2, -0.15) is 0 Å². The van der Waals surface area contributed by atoms with Gasteiger partial charge in [-0.25, -0.2) is 0 Å². The van der Waals surface area contributed by atoms with Crippen LogP contribution in [0.4, 0.5) is 0 Å². The van der Waals surface area contributed by atoms with Crippen LogP contribution in [-0.2, 0) is 9.53 Å². The van der Waals surface area contributed by atoms with E-state index < -0.39 is 0 Å². The summed E-state index contributed by atoms with van der Waals surface area (Å²) < 4.78 is 4.77. The molecule has 2 heteroatoms. The van der Waals surface area contributed by atoms with E-state index in [-0.39, 0.29) is 11.9 Å². The maximum Gasteiger partial charge on any atom is 0.308 e. The van der Waals surface area contributed by atoms with Crippen molar-refractivity contribution in [2.24, 2.45) is 5.92 Å². The maximum absolute atomic E-state index is 10.9. The third kappa shape index (κ3) is 3.28. The Hall–Kier alpha value is -0.790. The van der Waals surface area contributed by atoms with E-state index in [0.717, 1.165) is 0 Å². The maximum atomic E-state index is 10.9. The number of hydrogen-bond acceptors (Lipinski definition) is 2. The summed E-state index contributed by atoms with van der Waals surface area (Å²) in [5.41, 5.74) is 0. The van der Waals surface area contributed by atoms with Crippen LogP contribution >= 0.6 is 0 Å². The smallest absolute Gasteiger partial charge is 0.308 e. The minimum atomic E-state index is -0.137. The SMILES string of the molecule is C=CCC(C)C(=O)OCC. The quantitative estimate of drug-likeness (QED) is 0.441. The van der Waals surface area contributed by atoms with Crippen LogP contribution in [0.5, 0.6) is 0 Å². The third-order valence-electron chi connectivity index (χ3n) is 1.21. The summed E-state index contributed by atoms with van der Waals surface area (Å²) >= 11 is 0. The number of allylic oxidation sites excluding steroid dienone is 1. The molecule has 0 aromatic heterocycles. The van der Waals surface area contributed by atoms with Gasteiger partial charge in [0, 0.05) is 0 Å². The fourth-order valence-electron chi connectivity index (χ4n) is 0.631. The molecule has 0 aromatic carbocycles. The van der Waals surface area contributed by atoms with Crippen molar-refractivity contribution in [1.29, 1.82) is 0 Å². The van der Waals surface area contributed by atoms with Crippen LogP contribution in [0.1, 0.15) is 20.3 Å². The molecular formula is C8H14O2. The van der Waals surface area contributed by atoms with Crippen molar-refractivity contribution in [3.8, 4) is 0 Å². The Labute approximate surface area is 61.9 Å². The van der Waals surface area contributed by atoms with Crippen LogP contribution < -0.4 is 0 Å². The molecule has 0 rings (SSSR count). The Bertz CT molecular complexity index is 118. The average Bonchev–Trinajstić information content (AvgIpc) is 1.89. The molecule has 0 saturated carbocycles. The molecule has 0 saturated heterocycles. The van der Waals surface area contributed by atoms with Crippen LogP contribution in [0.15, 0.2) is 12.7 Å². The second-order valence-electron chi connectivity index (χ2n) is 2.18. The van der Waals surface area contributed by atoms with Gasteiger partial charge in [-0.05, 0) is 13.3 Å². The van der Waals surface area contributed by atoms with Crippen LogP contribution in [0.3, 0.4) is 0 Å². The topological polar surface area (TPSA) is 26.3 Å². The Morgan fingerprint density at radius 3 is 2.80 bits per heavy atom. The van der Waals surface area contributed by atoms with Crippen LogP contribution in [0.2, 0.25) is 0 Å². The average molecular weight is 142 g/mol. The Morgan fingerprint density at radius 1 is 1.80 bits per heavy atom. The summed E-state index contributed by atoms with van der Waals surface area (Å²) in [6.07, 6.45) is 2.42. The zero-order chi connectivity index (χ0) is 7.98. The van der Waals surface area contributed by atoms with E-state index in [2.05, 4.69) is 6.58 Å². The van der Waals surface area contributed by atoms with E-state index >= 15 is 0 Å². The summed E-state index contributed by atoms with van der Waals surface area (Å²) in [6.45, 7) is 7.63. The van der Waals surface area contributed by atoms with Gasteiger partial charge >= 0.3 is 5.97 Å². The fourth-order valence-corrected chi connectivity index (χ4v) is 0.631. The van der Waals surface area contributed by atoms with Crippen LogP contribution in [0, 0.1) is 5.92 Å². The highest BCUT2D eigenvalue weighted by molar-refractivity contribution is 5.72. The van der Waals surface area contributed by atoms with Gasteiger partial charge in [-0.3, -0.25) is 4.79 Å². The lowest BCUT2D eigenvalue weighted by Crippen LogP contribution is -2.13. The molecule has 0 aromatic rings. The van der Waals surface area contributed by atoms with Crippen molar-refractivity contribution < 1.29 is 9.53 Å². The van der Waals surface area contributed by atoms with Gasteiger partial charge in [0.25, 0.3) is 0 Å². The number of hydrogen-bond donors (Lipinski definition) is 0. The van der Waals surface area contributed by atoms with Crippen LogP contribution in [-0.4, -0.2) is 12.6 Å². The highest BCUT2D eigenvalue weighted by atomic mass is 16.5. The van der Waals surface area contributed by atoms with Crippen molar-refractivity contribution in [2.75, 3.05) is 6.61 Å². The zero-order valence-electron chi connectivity index (χ0n) is 6.59. The van der Waals surface area contributed by atoms with Gasteiger partial charge in [-0.1, -0.05) is 13.0 Å². The Balaban J connectivity index is 3.58. The summed E-state index contributed by atoms with van der Waals surface area (Å²) in [4.78, 5) is 10.9. The minimum absolute atomic E-state index is 0.0440. The largest absolute Gasteiger partial charge is 0.466 e. The van der Waals surface area contributed by atoms with Crippen LogP contribution in [0.25, 0.3) is 0 Å². The van der Waals surface area contributed by atoms with Crippen molar-refractivity contribution in [3.05, 3.63) is 12.7 Å². The number of carbonyl (C=O) groups excluding carboxylic acids is 1. The van der Waals surface area contributed by atoms with E-state index in [0.29, 0.717) is 13.0 Å². The standard InChI is InChI=1S/C8H14O2/c1-4-6-7(3)8(9)10-5-2/h4,7H,1,5-6H2,2-3H3. The molecule has 1 unspecified atom stereocenters. The van der Waals surface area contributed by atoms with E-state index in [1.807, 2.05) is 6.92 Å². The van der Waals surface area contributed by atoms with E-state index in [9.17, 15) is 4.79 Å². The first kappa shape index (κ1) is 9.21. The van der Waals surface area contributed by atoms with Crippen molar-refractivity contribution in [2.45, 2.75) is 20.3 Å².